The van der Waals surface area contributed by atoms with Crippen LogP contribution in [0.2, 0.25) is 0 Å². The van der Waals surface area contributed by atoms with E-state index in [1.807, 2.05) is 38.1 Å². The van der Waals surface area contributed by atoms with E-state index in [0.717, 1.165) is 47.0 Å². The Hall–Kier alpha value is -2.66. The van der Waals surface area contributed by atoms with Gasteiger partial charge in [-0.05, 0) is 68.2 Å². The number of ketones is 1. The third-order valence-electron chi connectivity index (χ3n) is 6.31. The molecule has 4 nitrogen and oxygen atoms in total. The zero-order valence-corrected chi connectivity index (χ0v) is 19.3. The first-order valence-electron chi connectivity index (χ1n) is 11.1. The molecule has 0 aliphatic heterocycles. The van der Waals surface area contributed by atoms with Crippen molar-refractivity contribution in [1.82, 2.24) is 4.57 Å². The first kappa shape index (κ1) is 21.6. The smallest absolute Gasteiger partial charge is 0.307 e. The van der Waals surface area contributed by atoms with E-state index < -0.39 is 0 Å². The Labute approximate surface area is 187 Å². The van der Waals surface area contributed by atoms with Crippen LogP contribution >= 0.6 is 11.3 Å². The first-order chi connectivity index (χ1) is 15.0. The third-order valence-corrected chi connectivity index (χ3v) is 7.30. The molecule has 0 radical (unpaired) electrons. The van der Waals surface area contributed by atoms with Crippen LogP contribution in [0.5, 0.6) is 0 Å². The van der Waals surface area contributed by atoms with Crippen molar-refractivity contribution in [2.45, 2.75) is 53.0 Å². The molecule has 2 heterocycles. The van der Waals surface area contributed by atoms with Crippen LogP contribution in [0.15, 0.2) is 41.3 Å². The minimum atomic E-state index is -0.213. The molecule has 0 N–H and O–H groups in total. The van der Waals surface area contributed by atoms with Crippen molar-refractivity contribution in [2.75, 3.05) is 6.61 Å². The van der Waals surface area contributed by atoms with Gasteiger partial charge in [-0.2, -0.15) is 0 Å². The highest BCUT2D eigenvalue weighted by Gasteiger charge is 2.28. The van der Waals surface area contributed by atoms with Gasteiger partial charge in [-0.15, -0.1) is 11.3 Å². The highest BCUT2D eigenvalue weighted by molar-refractivity contribution is 7.10. The van der Waals surface area contributed by atoms with Gasteiger partial charge in [-0.3, -0.25) is 9.59 Å². The maximum Gasteiger partial charge on any atom is 0.307 e. The quantitative estimate of drug-likeness (QED) is 0.328. The Kier molecular flexibility index (Phi) is 6.42. The molecule has 0 fully saturated rings. The fourth-order valence-electron chi connectivity index (χ4n) is 4.69. The molecule has 31 heavy (non-hydrogen) atoms. The van der Waals surface area contributed by atoms with Crippen LogP contribution in [0.4, 0.5) is 0 Å². The lowest BCUT2D eigenvalue weighted by molar-refractivity contribution is -0.143. The molecular weight excluding hydrogens is 406 g/mol. The van der Waals surface area contributed by atoms with Crippen molar-refractivity contribution in [3.63, 3.8) is 0 Å². The van der Waals surface area contributed by atoms with Crippen molar-refractivity contribution in [2.24, 2.45) is 5.92 Å². The zero-order chi connectivity index (χ0) is 22.0. The summed E-state index contributed by atoms with van der Waals surface area (Å²) >= 11 is 1.78. The lowest BCUT2D eigenvalue weighted by Gasteiger charge is -2.16. The van der Waals surface area contributed by atoms with Gasteiger partial charge in [0.05, 0.1) is 18.6 Å². The summed E-state index contributed by atoms with van der Waals surface area (Å²) in [6.45, 7) is 6.86. The van der Waals surface area contributed by atoms with E-state index in [1.54, 1.807) is 11.3 Å². The molecule has 1 aliphatic carbocycles. The first-order valence-corrected chi connectivity index (χ1v) is 12.0. The largest absolute Gasteiger partial charge is 0.466 e. The fourth-order valence-corrected chi connectivity index (χ4v) is 5.57. The molecule has 1 aliphatic rings. The summed E-state index contributed by atoms with van der Waals surface area (Å²) in [4.78, 5) is 27.3. The summed E-state index contributed by atoms with van der Waals surface area (Å²) in [6, 6.07) is 10.1. The SMILES string of the molecule is CCOC(=O)CCn1c(C)c(C(=O)C2=Cc3ccsc3CCC2CC)c2ccccc21. The number of allylic oxidation sites excluding steroid dienone is 1. The Morgan fingerprint density at radius 3 is 2.77 bits per heavy atom. The van der Waals surface area contributed by atoms with Gasteiger partial charge in [0.1, 0.15) is 0 Å². The van der Waals surface area contributed by atoms with Crippen molar-refractivity contribution >= 4 is 40.1 Å². The van der Waals surface area contributed by atoms with Crippen molar-refractivity contribution in [1.29, 1.82) is 0 Å². The van der Waals surface area contributed by atoms with Gasteiger partial charge in [0.25, 0.3) is 0 Å². The zero-order valence-electron chi connectivity index (χ0n) is 18.4. The molecule has 0 amide bonds. The number of aromatic nitrogens is 1. The van der Waals surface area contributed by atoms with E-state index in [0.29, 0.717) is 19.6 Å². The molecule has 5 heteroatoms. The molecule has 0 saturated heterocycles. The van der Waals surface area contributed by atoms with Gasteiger partial charge in [-0.25, -0.2) is 0 Å². The van der Waals surface area contributed by atoms with Gasteiger partial charge in [-0.1, -0.05) is 25.1 Å². The number of aryl methyl sites for hydroxylation is 2. The molecule has 2 aromatic heterocycles. The van der Waals surface area contributed by atoms with Crippen LogP contribution < -0.4 is 0 Å². The summed E-state index contributed by atoms with van der Waals surface area (Å²) in [5.74, 6) is 0.165. The molecule has 4 rings (SSSR count). The molecule has 0 saturated carbocycles. The molecule has 0 bridgehead atoms. The van der Waals surface area contributed by atoms with Gasteiger partial charge >= 0.3 is 5.97 Å². The minimum absolute atomic E-state index is 0.120. The van der Waals surface area contributed by atoms with E-state index >= 15 is 0 Å². The number of fused-ring (bicyclic) bond motifs is 2. The van der Waals surface area contributed by atoms with E-state index in [-0.39, 0.29) is 17.7 Å². The fraction of sp³-hybridized carbons (Fsp3) is 0.385. The number of carbonyl (C=O) groups is 2. The van der Waals surface area contributed by atoms with Gasteiger partial charge in [0.15, 0.2) is 5.78 Å². The number of hydrogen-bond donors (Lipinski definition) is 0. The average molecular weight is 436 g/mol. The van der Waals surface area contributed by atoms with E-state index in [9.17, 15) is 9.59 Å². The maximum absolute atomic E-state index is 14.0. The second kappa shape index (κ2) is 9.23. The summed E-state index contributed by atoms with van der Waals surface area (Å²) in [5, 5.41) is 3.07. The second-order valence-corrected chi connectivity index (χ2v) is 9.06. The van der Waals surface area contributed by atoms with Crippen LogP contribution in [0.1, 0.15) is 59.6 Å². The Morgan fingerprint density at radius 1 is 1.19 bits per heavy atom. The molecule has 162 valence electrons. The number of Topliss-reactive ketones (excluding diaryl/α,β-unsaturated/α-hetero) is 1. The molecular formula is C26H29NO3S. The van der Waals surface area contributed by atoms with Crippen LogP contribution in [0.3, 0.4) is 0 Å². The number of nitrogens with zero attached hydrogens (tertiary/aromatic N) is 1. The number of carbonyl (C=O) groups excluding carboxylic acids is 2. The Balaban J connectivity index is 1.78. The molecule has 1 atom stereocenters. The summed E-state index contributed by atoms with van der Waals surface area (Å²) < 4.78 is 7.20. The number of benzene rings is 1. The van der Waals surface area contributed by atoms with Crippen LogP contribution in [0, 0.1) is 12.8 Å². The minimum Gasteiger partial charge on any atom is -0.466 e. The average Bonchev–Trinajstić information content (AvgIpc) is 3.27. The van der Waals surface area contributed by atoms with E-state index in [2.05, 4.69) is 29.0 Å². The Morgan fingerprint density at radius 2 is 2.00 bits per heavy atom. The number of rotatable bonds is 7. The van der Waals surface area contributed by atoms with Gasteiger partial charge in [0, 0.05) is 33.6 Å². The lowest BCUT2D eigenvalue weighted by atomic mass is 9.86. The van der Waals surface area contributed by atoms with Crippen LogP contribution in [-0.2, 0) is 22.5 Å². The lowest BCUT2D eigenvalue weighted by Crippen LogP contribution is -2.15. The van der Waals surface area contributed by atoms with E-state index in [4.69, 9.17) is 4.74 Å². The molecule has 1 aromatic carbocycles. The highest BCUT2D eigenvalue weighted by Crippen LogP contribution is 2.36. The van der Waals surface area contributed by atoms with Crippen molar-refractivity contribution in [3.05, 3.63) is 63.0 Å². The standard InChI is InChI=1S/C26H29NO3S/c1-4-18-10-11-23-19(13-15-31-23)16-21(18)26(29)25-17(3)27(14-12-24(28)30-5-2)22-9-7-6-8-20(22)25/h6-9,13,15-16,18H,4-5,10-12,14H2,1-3H3. The predicted molar refractivity (Wildman–Crippen MR) is 127 cm³/mol. The van der Waals surface area contributed by atoms with Crippen LogP contribution in [-0.4, -0.2) is 22.9 Å². The van der Waals surface area contributed by atoms with Crippen molar-refractivity contribution < 1.29 is 14.3 Å². The molecule has 3 aromatic rings. The number of para-hydroxylation sites is 1. The van der Waals surface area contributed by atoms with E-state index in [1.165, 1.54) is 10.4 Å². The second-order valence-electron chi connectivity index (χ2n) is 8.06. The third kappa shape index (κ3) is 4.11. The molecule has 1 unspecified atom stereocenters. The number of ether oxygens (including phenoxy) is 1. The monoisotopic (exact) mass is 435 g/mol. The summed E-state index contributed by atoms with van der Waals surface area (Å²) in [5.41, 5.74) is 4.78. The normalized spacial score (nSPS) is 16.0. The van der Waals surface area contributed by atoms with Gasteiger partial charge < -0.3 is 9.30 Å². The van der Waals surface area contributed by atoms with Crippen molar-refractivity contribution in [3.8, 4) is 0 Å². The number of thiophene rings is 1. The topological polar surface area (TPSA) is 48.3 Å². The number of esters is 1. The highest BCUT2D eigenvalue weighted by atomic mass is 32.1. The number of hydrogen-bond acceptors (Lipinski definition) is 4. The summed E-state index contributed by atoms with van der Waals surface area (Å²) in [7, 11) is 0. The Bertz CT molecular complexity index is 1150. The molecule has 0 spiro atoms. The maximum atomic E-state index is 14.0. The van der Waals surface area contributed by atoms with Gasteiger partial charge in [0.2, 0.25) is 0 Å². The predicted octanol–water partition coefficient (Wildman–Crippen LogP) is 6.20. The van der Waals surface area contributed by atoms with Crippen LogP contribution in [0.25, 0.3) is 17.0 Å². The summed E-state index contributed by atoms with van der Waals surface area (Å²) in [6.07, 6.45) is 5.40.